The van der Waals surface area contributed by atoms with Crippen molar-refractivity contribution in [2.24, 2.45) is 0 Å². The van der Waals surface area contributed by atoms with E-state index in [1.165, 1.54) is 0 Å². The normalized spacial score (nSPS) is 11.8. The summed E-state index contributed by atoms with van der Waals surface area (Å²) in [6, 6.07) is 0. The van der Waals surface area contributed by atoms with E-state index in [9.17, 15) is 13.2 Å². The van der Waals surface area contributed by atoms with E-state index in [0.717, 1.165) is 12.1 Å². The molecule has 0 saturated heterocycles. The molecule has 0 fully saturated rings. The molecule has 1 aromatic heterocycles. The van der Waals surface area contributed by atoms with Crippen molar-refractivity contribution in [1.29, 1.82) is 0 Å². The summed E-state index contributed by atoms with van der Waals surface area (Å²) in [5, 5.41) is 3.14. The van der Waals surface area contributed by atoms with E-state index in [2.05, 4.69) is 20.0 Å². The van der Waals surface area contributed by atoms with Crippen LogP contribution in [-0.4, -0.2) is 49.6 Å². The third-order valence-electron chi connectivity index (χ3n) is 2.31. The summed E-state index contributed by atoms with van der Waals surface area (Å²) < 4.78 is 44.9. The van der Waals surface area contributed by atoms with Crippen molar-refractivity contribution in [1.82, 2.24) is 15.3 Å². The Balaban J connectivity index is 2.21. The lowest BCUT2D eigenvalue weighted by atomic mass is 10.3. The lowest BCUT2D eigenvalue weighted by molar-refractivity contribution is -0.173. The van der Waals surface area contributed by atoms with Gasteiger partial charge in [-0.3, -0.25) is 0 Å². The molecule has 8 heteroatoms. The van der Waals surface area contributed by atoms with E-state index in [4.69, 9.17) is 4.74 Å². The van der Waals surface area contributed by atoms with Crippen LogP contribution in [0.5, 0.6) is 0 Å². The minimum absolute atomic E-state index is 0.0506. The van der Waals surface area contributed by atoms with E-state index < -0.39 is 12.8 Å². The zero-order chi connectivity index (χ0) is 14.8. The molecule has 20 heavy (non-hydrogen) atoms. The van der Waals surface area contributed by atoms with E-state index in [-0.39, 0.29) is 13.0 Å². The first-order valence-electron chi connectivity index (χ1n) is 6.15. The third-order valence-corrected chi connectivity index (χ3v) is 2.31. The zero-order valence-corrected chi connectivity index (χ0v) is 11.2. The largest absolute Gasteiger partial charge is 0.411 e. The van der Waals surface area contributed by atoms with Crippen LogP contribution in [0.4, 0.5) is 13.2 Å². The van der Waals surface area contributed by atoms with Crippen LogP contribution in [0.2, 0.25) is 0 Å². The lowest BCUT2D eigenvalue weighted by Crippen LogP contribution is -2.19. The van der Waals surface area contributed by atoms with Crippen molar-refractivity contribution in [3.05, 3.63) is 23.8 Å². The molecule has 0 bridgehead atoms. The predicted molar refractivity (Wildman–Crippen MR) is 66.2 cm³/mol. The molecule has 0 atom stereocenters. The standard InChI is InChI=1S/C12H18F3N3O2/c1-19-5-3-16-6-10-7-17-11(18-8-10)2-4-20-9-12(13,14)15/h7-8,16H,2-6,9H2,1H3. The topological polar surface area (TPSA) is 56.3 Å². The maximum Gasteiger partial charge on any atom is 0.411 e. The maximum atomic E-state index is 11.8. The van der Waals surface area contributed by atoms with Gasteiger partial charge in [0.1, 0.15) is 12.4 Å². The lowest BCUT2D eigenvalue weighted by Gasteiger charge is -2.07. The second-order valence-corrected chi connectivity index (χ2v) is 4.09. The Morgan fingerprint density at radius 1 is 1.20 bits per heavy atom. The molecular weight excluding hydrogens is 275 g/mol. The van der Waals surface area contributed by atoms with Crippen LogP contribution in [-0.2, 0) is 22.4 Å². The van der Waals surface area contributed by atoms with Gasteiger partial charge < -0.3 is 14.8 Å². The molecule has 0 aromatic carbocycles. The van der Waals surface area contributed by atoms with Crippen LogP contribution in [0, 0.1) is 0 Å². The summed E-state index contributed by atoms with van der Waals surface area (Å²) in [6.45, 7) is 0.673. The zero-order valence-electron chi connectivity index (χ0n) is 11.2. The molecule has 0 spiro atoms. The molecule has 0 aliphatic heterocycles. The van der Waals surface area contributed by atoms with Gasteiger partial charge in [0, 0.05) is 44.6 Å². The fourth-order valence-corrected chi connectivity index (χ4v) is 1.36. The fraction of sp³-hybridized carbons (Fsp3) is 0.667. The molecule has 1 heterocycles. The van der Waals surface area contributed by atoms with E-state index in [1.54, 1.807) is 19.5 Å². The number of rotatable bonds is 9. The number of hydrogen-bond acceptors (Lipinski definition) is 5. The van der Waals surface area contributed by atoms with Gasteiger partial charge in [0.2, 0.25) is 0 Å². The van der Waals surface area contributed by atoms with Gasteiger partial charge in [0.15, 0.2) is 0 Å². The SMILES string of the molecule is COCCNCc1cnc(CCOCC(F)(F)F)nc1. The highest BCUT2D eigenvalue weighted by Crippen LogP contribution is 2.14. The summed E-state index contributed by atoms with van der Waals surface area (Å²) in [5.41, 5.74) is 0.904. The van der Waals surface area contributed by atoms with Gasteiger partial charge in [-0.05, 0) is 0 Å². The monoisotopic (exact) mass is 293 g/mol. The van der Waals surface area contributed by atoms with Crippen LogP contribution in [0.1, 0.15) is 11.4 Å². The van der Waals surface area contributed by atoms with Gasteiger partial charge >= 0.3 is 6.18 Å². The number of nitrogens with zero attached hydrogens (tertiary/aromatic N) is 2. The van der Waals surface area contributed by atoms with E-state index in [0.29, 0.717) is 19.0 Å². The van der Waals surface area contributed by atoms with E-state index in [1.807, 2.05) is 0 Å². The molecule has 0 amide bonds. The molecule has 1 rings (SSSR count). The first kappa shape index (κ1) is 16.8. The molecule has 0 unspecified atom stereocenters. The highest BCUT2D eigenvalue weighted by molar-refractivity contribution is 5.04. The number of alkyl halides is 3. The van der Waals surface area contributed by atoms with Crippen molar-refractivity contribution >= 4 is 0 Å². The van der Waals surface area contributed by atoms with Crippen molar-refractivity contribution in [3.8, 4) is 0 Å². The Hall–Kier alpha value is -1.25. The number of hydrogen-bond donors (Lipinski definition) is 1. The Kier molecular flexibility index (Phi) is 7.42. The molecule has 0 saturated carbocycles. The molecule has 114 valence electrons. The number of methoxy groups -OCH3 is 1. The van der Waals surface area contributed by atoms with Crippen molar-refractivity contribution < 1.29 is 22.6 Å². The number of aromatic nitrogens is 2. The summed E-state index contributed by atoms with van der Waals surface area (Å²) >= 11 is 0. The van der Waals surface area contributed by atoms with Crippen LogP contribution >= 0.6 is 0 Å². The third kappa shape index (κ3) is 8.03. The van der Waals surface area contributed by atoms with E-state index >= 15 is 0 Å². The first-order chi connectivity index (χ1) is 9.51. The summed E-state index contributed by atoms with van der Waals surface area (Å²) in [5.74, 6) is 0.466. The second-order valence-electron chi connectivity index (χ2n) is 4.09. The van der Waals surface area contributed by atoms with Gasteiger partial charge in [-0.1, -0.05) is 0 Å². The molecule has 0 aliphatic rings. The number of nitrogens with one attached hydrogen (secondary N) is 1. The Bertz CT molecular complexity index is 371. The van der Waals surface area contributed by atoms with Crippen molar-refractivity contribution in [2.75, 3.05) is 33.5 Å². The van der Waals surface area contributed by atoms with Gasteiger partial charge in [-0.2, -0.15) is 13.2 Å². The first-order valence-corrected chi connectivity index (χ1v) is 6.15. The molecular formula is C12H18F3N3O2. The molecule has 0 radical (unpaired) electrons. The van der Waals surface area contributed by atoms with Gasteiger partial charge in [0.05, 0.1) is 13.2 Å². The van der Waals surface area contributed by atoms with Crippen molar-refractivity contribution in [2.45, 2.75) is 19.1 Å². The molecule has 1 N–H and O–H groups in total. The minimum Gasteiger partial charge on any atom is -0.383 e. The van der Waals surface area contributed by atoms with Crippen molar-refractivity contribution in [3.63, 3.8) is 0 Å². The summed E-state index contributed by atoms with van der Waals surface area (Å²) in [4.78, 5) is 8.14. The maximum absolute atomic E-state index is 11.8. The predicted octanol–water partition coefficient (Wildman–Crippen LogP) is 1.33. The number of ether oxygens (including phenoxy) is 2. The fourth-order valence-electron chi connectivity index (χ4n) is 1.36. The average molecular weight is 293 g/mol. The molecule has 0 aliphatic carbocycles. The number of halogens is 3. The summed E-state index contributed by atoms with van der Waals surface area (Å²) in [6.07, 6.45) is -0.746. The van der Waals surface area contributed by atoms with Gasteiger partial charge in [-0.15, -0.1) is 0 Å². The Labute approximate surface area is 115 Å². The minimum atomic E-state index is -4.29. The Morgan fingerprint density at radius 3 is 2.50 bits per heavy atom. The van der Waals surface area contributed by atoms with Gasteiger partial charge in [-0.25, -0.2) is 9.97 Å². The van der Waals surface area contributed by atoms with Crippen LogP contribution in [0.15, 0.2) is 12.4 Å². The Morgan fingerprint density at radius 2 is 1.90 bits per heavy atom. The second kappa shape index (κ2) is 8.83. The average Bonchev–Trinajstić information content (AvgIpc) is 2.40. The van der Waals surface area contributed by atoms with Crippen LogP contribution in [0.25, 0.3) is 0 Å². The quantitative estimate of drug-likeness (QED) is 0.696. The summed E-state index contributed by atoms with van der Waals surface area (Å²) in [7, 11) is 1.63. The van der Waals surface area contributed by atoms with Gasteiger partial charge in [0.25, 0.3) is 0 Å². The highest BCUT2D eigenvalue weighted by Gasteiger charge is 2.27. The van der Waals surface area contributed by atoms with Crippen LogP contribution < -0.4 is 5.32 Å². The molecule has 1 aromatic rings. The van der Waals surface area contributed by atoms with Crippen LogP contribution in [0.3, 0.4) is 0 Å². The molecule has 5 nitrogen and oxygen atoms in total. The smallest absolute Gasteiger partial charge is 0.383 e. The highest BCUT2D eigenvalue weighted by atomic mass is 19.4.